The Labute approximate surface area is 143 Å². The maximum Gasteiger partial charge on any atom is 0.312 e. The van der Waals surface area contributed by atoms with Crippen molar-refractivity contribution in [1.29, 1.82) is 0 Å². The van der Waals surface area contributed by atoms with Gasteiger partial charge in [-0.3, -0.25) is 0 Å². The third-order valence-electron chi connectivity index (χ3n) is 6.00. The van der Waals surface area contributed by atoms with E-state index in [0.29, 0.717) is 26.2 Å². The molecule has 3 saturated heterocycles. The Morgan fingerprint density at radius 2 is 1.29 bits per heavy atom. The topological polar surface area (TPSA) is 55.4 Å². The molecule has 4 rings (SSSR count). The lowest BCUT2D eigenvalue weighted by Crippen LogP contribution is -2.48. The maximum absolute atomic E-state index is 6.14. The zero-order chi connectivity index (χ0) is 16.3. The molecule has 2 atom stereocenters. The predicted molar refractivity (Wildman–Crippen MR) is 84.7 cm³/mol. The summed E-state index contributed by atoms with van der Waals surface area (Å²) in [6.07, 6.45) is 12.2. The van der Waals surface area contributed by atoms with Gasteiger partial charge in [0, 0.05) is 6.42 Å². The van der Waals surface area contributed by atoms with Crippen LogP contribution >= 0.6 is 0 Å². The van der Waals surface area contributed by atoms with Crippen molar-refractivity contribution in [2.45, 2.75) is 94.2 Å². The molecule has 0 aromatic heterocycles. The smallest absolute Gasteiger partial charge is 0.312 e. The van der Waals surface area contributed by atoms with Crippen LogP contribution in [0.2, 0.25) is 0 Å². The van der Waals surface area contributed by atoms with Crippen molar-refractivity contribution in [3.8, 4) is 0 Å². The van der Waals surface area contributed by atoms with E-state index in [9.17, 15) is 0 Å². The first kappa shape index (κ1) is 17.2. The van der Waals surface area contributed by atoms with Crippen molar-refractivity contribution in [2.75, 3.05) is 19.8 Å². The van der Waals surface area contributed by atoms with Crippen molar-refractivity contribution in [3.63, 3.8) is 0 Å². The predicted octanol–water partition coefficient (Wildman–Crippen LogP) is 3.78. The number of ether oxygens (including phenoxy) is 2. The van der Waals surface area contributed by atoms with E-state index >= 15 is 0 Å². The van der Waals surface area contributed by atoms with Gasteiger partial charge in [-0.05, 0) is 51.4 Å². The highest BCUT2D eigenvalue weighted by Gasteiger charge is 2.49. The molecule has 1 aliphatic carbocycles. The van der Waals surface area contributed by atoms with Gasteiger partial charge in [0.15, 0.2) is 0 Å². The Morgan fingerprint density at radius 1 is 0.500 bits per heavy atom. The molecule has 0 aromatic carbocycles. The molecule has 3 aliphatic heterocycles. The summed E-state index contributed by atoms with van der Waals surface area (Å²) in [4.78, 5) is 23.1. The Balaban J connectivity index is 1.56. The summed E-state index contributed by atoms with van der Waals surface area (Å²) in [6.45, 7) is 1.72. The lowest BCUT2D eigenvalue weighted by Gasteiger charge is -2.40. The summed E-state index contributed by atoms with van der Waals surface area (Å²) in [5, 5.41) is 0. The molecule has 0 radical (unpaired) electrons. The van der Waals surface area contributed by atoms with Gasteiger partial charge in [-0.15, -0.1) is 0 Å². The van der Waals surface area contributed by atoms with Gasteiger partial charge in [-0.25, -0.2) is 14.7 Å². The molecule has 6 nitrogen and oxygen atoms in total. The van der Waals surface area contributed by atoms with E-state index in [1.807, 2.05) is 0 Å². The zero-order valence-electron chi connectivity index (χ0n) is 14.6. The normalized spacial score (nSPS) is 41.0. The summed E-state index contributed by atoms with van der Waals surface area (Å²) in [5.74, 6) is -1.08. The lowest BCUT2D eigenvalue weighted by molar-refractivity contribution is -0.540. The highest BCUT2D eigenvalue weighted by molar-refractivity contribution is 4.90. The molecule has 1 saturated carbocycles. The summed E-state index contributed by atoms with van der Waals surface area (Å²) < 4.78 is 12.0. The van der Waals surface area contributed by atoms with Crippen LogP contribution in [0, 0.1) is 0 Å². The van der Waals surface area contributed by atoms with Gasteiger partial charge in [0.05, 0.1) is 19.8 Å². The number of hydrogen-bond acceptors (Lipinski definition) is 6. The third-order valence-corrected chi connectivity index (χ3v) is 6.00. The fourth-order valence-corrected chi connectivity index (χ4v) is 4.36. The van der Waals surface area contributed by atoms with Crippen LogP contribution < -0.4 is 0 Å². The molecule has 3 spiro atoms. The standard InChI is InChI=1S/C18H30O6/c1-2-7-16(8-3-1)11-12-17(9-6-14-21-22-17)15-20-18(24-23-16)10-4-5-13-19-18/h1-15H2. The molecule has 3 heterocycles. The lowest BCUT2D eigenvalue weighted by atomic mass is 9.78. The minimum absolute atomic E-state index is 0.242. The molecular formula is C18H30O6. The molecule has 4 fully saturated rings. The van der Waals surface area contributed by atoms with E-state index < -0.39 is 11.6 Å². The Bertz CT molecular complexity index is 328. The fraction of sp³-hybridized carbons (Fsp3) is 1.00. The molecule has 138 valence electrons. The molecule has 6 heteroatoms. The molecule has 0 bridgehead atoms. The largest absolute Gasteiger partial charge is 0.326 e. The van der Waals surface area contributed by atoms with Crippen LogP contribution in [0.1, 0.15) is 77.0 Å². The average molecular weight is 342 g/mol. The van der Waals surface area contributed by atoms with Crippen molar-refractivity contribution in [3.05, 3.63) is 0 Å². The van der Waals surface area contributed by atoms with Crippen molar-refractivity contribution < 1.29 is 29.0 Å². The van der Waals surface area contributed by atoms with Crippen molar-refractivity contribution in [2.24, 2.45) is 0 Å². The minimum Gasteiger partial charge on any atom is -0.326 e. The van der Waals surface area contributed by atoms with Gasteiger partial charge in [-0.2, -0.15) is 4.89 Å². The molecule has 2 unspecified atom stereocenters. The monoisotopic (exact) mass is 342 g/mol. The van der Waals surface area contributed by atoms with Gasteiger partial charge < -0.3 is 9.47 Å². The van der Waals surface area contributed by atoms with Gasteiger partial charge in [0.25, 0.3) is 0 Å². The van der Waals surface area contributed by atoms with E-state index in [4.69, 9.17) is 29.0 Å². The van der Waals surface area contributed by atoms with E-state index in [2.05, 4.69) is 0 Å². The molecule has 0 amide bonds. The molecule has 0 N–H and O–H groups in total. The van der Waals surface area contributed by atoms with E-state index in [-0.39, 0.29) is 5.60 Å². The number of hydrogen-bond donors (Lipinski definition) is 0. The summed E-state index contributed by atoms with van der Waals surface area (Å²) in [6, 6.07) is 0. The van der Waals surface area contributed by atoms with Gasteiger partial charge >= 0.3 is 5.97 Å². The second kappa shape index (κ2) is 7.17. The molecule has 24 heavy (non-hydrogen) atoms. The first-order valence-corrected chi connectivity index (χ1v) is 9.69. The summed E-state index contributed by atoms with van der Waals surface area (Å²) >= 11 is 0. The van der Waals surface area contributed by atoms with E-state index in [0.717, 1.165) is 51.4 Å². The highest BCUT2D eigenvalue weighted by Crippen LogP contribution is 2.43. The minimum atomic E-state index is -1.08. The van der Waals surface area contributed by atoms with Crippen molar-refractivity contribution in [1.82, 2.24) is 0 Å². The first-order chi connectivity index (χ1) is 11.7. The molecule has 4 aliphatic rings. The van der Waals surface area contributed by atoms with Crippen LogP contribution in [0.3, 0.4) is 0 Å². The highest BCUT2D eigenvalue weighted by atomic mass is 17.3. The van der Waals surface area contributed by atoms with Crippen LogP contribution in [0.25, 0.3) is 0 Å². The van der Waals surface area contributed by atoms with Gasteiger partial charge in [0.1, 0.15) is 11.2 Å². The van der Waals surface area contributed by atoms with Crippen LogP contribution in [0.5, 0.6) is 0 Å². The fourth-order valence-electron chi connectivity index (χ4n) is 4.36. The Kier molecular flexibility index (Phi) is 5.14. The van der Waals surface area contributed by atoms with Crippen LogP contribution in [0.4, 0.5) is 0 Å². The van der Waals surface area contributed by atoms with Crippen LogP contribution in [0.15, 0.2) is 0 Å². The van der Waals surface area contributed by atoms with E-state index in [1.165, 1.54) is 19.3 Å². The maximum atomic E-state index is 6.14. The summed E-state index contributed by atoms with van der Waals surface area (Å²) in [7, 11) is 0. The molecule has 0 aromatic rings. The average Bonchev–Trinajstić information content (AvgIpc) is 2.70. The SMILES string of the molecule is C1CCC2(CC1)CCC1(CCCOO1)COC1(CCCCO1)OO2. The molecular weight excluding hydrogens is 312 g/mol. The second-order valence-corrected chi connectivity index (χ2v) is 7.88. The second-order valence-electron chi connectivity index (χ2n) is 7.88. The van der Waals surface area contributed by atoms with Crippen molar-refractivity contribution >= 4 is 0 Å². The third kappa shape index (κ3) is 3.64. The number of rotatable bonds is 0. The van der Waals surface area contributed by atoms with Gasteiger partial charge in [0.2, 0.25) is 0 Å². The quantitative estimate of drug-likeness (QED) is 0.625. The van der Waals surface area contributed by atoms with E-state index in [1.54, 1.807) is 0 Å². The Morgan fingerprint density at radius 3 is 2.04 bits per heavy atom. The Hall–Kier alpha value is -0.240. The van der Waals surface area contributed by atoms with Gasteiger partial charge in [-0.1, -0.05) is 19.3 Å². The van der Waals surface area contributed by atoms with Crippen LogP contribution in [-0.2, 0) is 29.0 Å². The first-order valence-electron chi connectivity index (χ1n) is 9.69. The van der Waals surface area contributed by atoms with Crippen LogP contribution in [-0.4, -0.2) is 37.0 Å². The zero-order valence-corrected chi connectivity index (χ0v) is 14.6. The summed E-state index contributed by atoms with van der Waals surface area (Å²) in [5.41, 5.74) is -0.652.